The van der Waals surface area contributed by atoms with Crippen LogP contribution in [0.2, 0.25) is 0 Å². The first-order chi connectivity index (χ1) is 11.8. The summed E-state index contributed by atoms with van der Waals surface area (Å²) in [6, 6.07) is 13.4. The molecular weight excluding hydrogens is 324 g/mol. The topological polar surface area (TPSA) is 77.0 Å². The smallest absolute Gasteiger partial charge is 0.262 e. The summed E-state index contributed by atoms with van der Waals surface area (Å²) in [5.41, 5.74) is 1.52. The van der Waals surface area contributed by atoms with Crippen molar-refractivity contribution < 1.29 is 9.53 Å². The zero-order valence-corrected chi connectivity index (χ0v) is 13.9. The number of amides is 1. The number of aromatic nitrogens is 3. The Hall–Kier alpha value is -2.80. The van der Waals surface area contributed by atoms with Crippen molar-refractivity contribution in [1.82, 2.24) is 15.2 Å². The SMILES string of the molecule is CCOc1ncccc1C(=O)Nc1nnc(Cc2ccccc2)s1. The van der Waals surface area contributed by atoms with Gasteiger partial charge in [0.1, 0.15) is 10.6 Å². The Bertz CT molecular complexity index is 820. The molecule has 0 saturated heterocycles. The van der Waals surface area contributed by atoms with Crippen molar-refractivity contribution in [3.05, 3.63) is 64.8 Å². The third-order valence-electron chi connectivity index (χ3n) is 3.18. The van der Waals surface area contributed by atoms with Gasteiger partial charge in [-0.2, -0.15) is 0 Å². The molecule has 3 aromatic rings. The van der Waals surface area contributed by atoms with E-state index in [0.717, 1.165) is 10.6 Å². The van der Waals surface area contributed by atoms with E-state index in [-0.39, 0.29) is 5.91 Å². The number of pyridine rings is 1. The highest BCUT2D eigenvalue weighted by atomic mass is 32.1. The number of benzene rings is 1. The average Bonchev–Trinajstić information content (AvgIpc) is 3.03. The molecule has 0 aliphatic carbocycles. The second-order valence-electron chi connectivity index (χ2n) is 4.91. The van der Waals surface area contributed by atoms with Gasteiger partial charge >= 0.3 is 0 Å². The highest BCUT2D eigenvalue weighted by Crippen LogP contribution is 2.21. The molecule has 0 spiro atoms. The van der Waals surface area contributed by atoms with Crippen LogP contribution in [0.3, 0.4) is 0 Å². The lowest BCUT2D eigenvalue weighted by molar-refractivity contribution is 0.102. The summed E-state index contributed by atoms with van der Waals surface area (Å²) < 4.78 is 5.38. The van der Waals surface area contributed by atoms with Crippen LogP contribution in [0.15, 0.2) is 48.7 Å². The number of ether oxygens (including phenoxy) is 1. The minimum atomic E-state index is -0.311. The Kier molecular flexibility index (Phi) is 5.12. The van der Waals surface area contributed by atoms with Crippen LogP contribution in [0.5, 0.6) is 5.88 Å². The Balaban J connectivity index is 1.69. The number of hydrogen-bond acceptors (Lipinski definition) is 6. The van der Waals surface area contributed by atoms with Crippen LogP contribution in [0.25, 0.3) is 0 Å². The summed E-state index contributed by atoms with van der Waals surface area (Å²) in [5, 5.41) is 12.2. The van der Waals surface area contributed by atoms with Gasteiger partial charge in [-0.1, -0.05) is 41.7 Å². The fourth-order valence-electron chi connectivity index (χ4n) is 2.13. The van der Waals surface area contributed by atoms with Crippen LogP contribution in [-0.4, -0.2) is 27.7 Å². The predicted octanol–water partition coefficient (Wildman–Crippen LogP) is 3.17. The highest BCUT2D eigenvalue weighted by molar-refractivity contribution is 7.15. The quantitative estimate of drug-likeness (QED) is 0.746. The van der Waals surface area contributed by atoms with Gasteiger partial charge in [-0.3, -0.25) is 10.1 Å². The Morgan fingerprint density at radius 3 is 2.79 bits per heavy atom. The summed E-state index contributed by atoms with van der Waals surface area (Å²) >= 11 is 1.35. The minimum absolute atomic E-state index is 0.311. The van der Waals surface area contributed by atoms with Crippen LogP contribution in [-0.2, 0) is 6.42 Å². The number of nitrogens with one attached hydrogen (secondary N) is 1. The second kappa shape index (κ2) is 7.65. The fraction of sp³-hybridized carbons (Fsp3) is 0.176. The zero-order chi connectivity index (χ0) is 16.8. The molecule has 0 fully saturated rings. The van der Waals surface area contributed by atoms with E-state index in [1.165, 1.54) is 11.3 Å². The van der Waals surface area contributed by atoms with Crippen LogP contribution >= 0.6 is 11.3 Å². The van der Waals surface area contributed by atoms with Gasteiger partial charge in [0.15, 0.2) is 0 Å². The third-order valence-corrected chi connectivity index (χ3v) is 4.02. The van der Waals surface area contributed by atoms with Crippen molar-refractivity contribution in [2.45, 2.75) is 13.3 Å². The maximum absolute atomic E-state index is 12.4. The van der Waals surface area contributed by atoms with Gasteiger partial charge in [-0.25, -0.2) is 4.98 Å². The first-order valence-electron chi connectivity index (χ1n) is 7.51. The van der Waals surface area contributed by atoms with Crippen molar-refractivity contribution in [1.29, 1.82) is 0 Å². The largest absolute Gasteiger partial charge is 0.477 e. The zero-order valence-electron chi connectivity index (χ0n) is 13.1. The molecule has 1 aromatic carbocycles. The number of hydrogen-bond donors (Lipinski definition) is 1. The molecule has 0 aliphatic rings. The molecule has 24 heavy (non-hydrogen) atoms. The first-order valence-corrected chi connectivity index (χ1v) is 8.33. The van der Waals surface area contributed by atoms with Crippen molar-refractivity contribution in [3.8, 4) is 5.88 Å². The van der Waals surface area contributed by atoms with Gasteiger partial charge in [0.05, 0.1) is 6.61 Å². The lowest BCUT2D eigenvalue weighted by atomic mass is 10.2. The highest BCUT2D eigenvalue weighted by Gasteiger charge is 2.15. The van der Waals surface area contributed by atoms with Gasteiger partial charge in [0.25, 0.3) is 5.91 Å². The summed E-state index contributed by atoms with van der Waals surface area (Å²) in [6.07, 6.45) is 2.27. The lowest BCUT2D eigenvalue weighted by Gasteiger charge is -2.07. The van der Waals surface area contributed by atoms with E-state index in [1.54, 1.807) is 18.3 Å². The summed E-state index contributed by atoms with van der Waals surface area (Å²) in [7, 11) is 0. The number of anilines is 1. The Morgan fingerprint density at radius 2 is 2.00 bits per heavy atom. The monoisotopic (exact) mass is 340 g/mol. The molecule has 6 nitrogen and oxygen atoms in total. The summed E-state index contributed by atoms with van der Waals surface area (Å²) in [5.74, 6) is 0.000449. The maximum Gasteiger partial charge on any atom is 0.262 e. The first kappa shape index (κ1) is 16.1. The van der Waals surface area contributed by atoms with Crippen molar-refractivity contribution >= 4 is 22.4 Å². The molecule has 2 heterocycles. The van der Waals surface area contributed by atoms with Crippen LogP contribution in [0, 0.1) is 0 Å². The molecule has 1 N–H and O–H groups in total. The van der Waals surface area contributed by atoms with Gasteiger partial charge in [-0.15, -0.1) is 10.2 Å². The van der Waals surface area contributed by atoms with Gasteiger partial charge in [0.2, 0.25) is 11.0 Å². The molecule has 0 aliphatic heterocycles. The van der Waals surface area contributed by atoms with Crippen LogP contribution in [0.1, 0.15) is 27.9 Å². The normalized spacial score (nSPS) is 10.4. The molecule has 0 bridgehead atoms. The molecule has 3 rings (SSSR count). The summed E-state index contributed by atoms with van der Waals surface area (Å²) in [4.78, 5) is 16.5. The number of carbonyl (C=O) groups is 1. The van der Waals surface area contributed by atoms with E-state index in [4.69, 9.17) is 4.74 Å². The van der Waals surface area contributed by atoms with Gasteiger partial charge < -0.3 is 4.74 Å². The van der Waals surface area contributed by atoms with Crippen molar-refractivity contribution in [2.75, 3.05) is 11.9 Å². The van der Waals surface area contributed by atoms with E-state index < -0.39 is 0 Å². The van der Waals surface area contributed by atoms with Crippen molar-refractivity contribution in [2.24, 2.45) is 0 Å². The van der Waals surface area contributed by atoms with E-state index in [2.05, 4.69) is 20.5 Å². The summed E-state index contributed by atoms with van der Waals surface area (Å²) in [6.45, 7) is 2.29. The molecule has 2 aromatic heterocycles. The van der Waals surface area contributed by atoms with Crippen molar-refractivity contribution in [3.63, 3.8) is 0 Å². The van der Waals surface area contributed by atoms with Gasteiger partial charge in [-0.05, 0) is 24.6 Å². The number of rotatable bonds is 6. The number of nitrogens with zero attached hydrogens (tertiary/aromatic N) is 3. The fourth-order valence-corrected chi connectivity index (χ4v) is 2.89. The Labute approximate surface area is 143 Å². The molecule has 1 amide bonds. The average molecular weight is 340 g/mol. The molecular formula is C17H16N4O2S. The van der Waals surface area contributed by atoms with Gasteiger partial charge in [0, 0.05) is 12.6 Å². The second-order valence-corrected chi connectivity index (χ2v) is 5.97. The molecule has 7 heteroatoms. The molecule has 0 radical (unpaired) electrons. The number of carbonyl (C=O) groups excluding carboxylic acids is 1. The van der Waals surface area contributed by atoms with E-state index >= 15 is 0 Å². The van der Waals surface area contributed by atoms with E-state index in [9.17, 15) is 4.79 Å². The van der Waals surface area contributed by atoms with Crippen LogP contribution < -0.4 is 10.1 Å². The van der Waals surface area contributed by atoms with E-state index in [0.29, 0.717) is 29.6 Å². The van der Waals surface area contributed by atoms with E-state index in [1.807, 2.05) is 37.3 Å². The molecule has 0 atom stereocenters. The molecule has 122 valence electrons. The Morgan fingerprint density at radius 1 is 1.17 bits per heavy atom. The third kappa shape index (κ3) is 3.94. The van der Waals surface area contributed by atoms with Crippen LogP contribution in [0.4, 0.5) is 5.13 Å². The molecule has 0 saturated carbocycles. The predicted molar refractivity (Wildman–Crippen MR) is 92.5 cm³/mol. The lowest BCUT2D eigenvalue weighted by Crippen LogP contribution is -2.14. The maximum atomic E-state index is 12.4. The minimum Gasteiger partial charge on any atom is -0.477 e. The standard InChI is InChI=1S/C17H16N4O2S/c1-2-23-16-13(9-6-10-18-16)15(22)19-17-21-20-14(24-17)11-12-7-4-3-5-8-12/h3-10H,2,11H2,1H3,(H,19,21,22). The molecule has 0 unspecified atom stereocenters.